The number of urea groups is 1. The van der Waals surface area contributed by atoms with E-state index in [9.17, 15) is 14.7 Å². The Morgan fingerprint density at radius 3 is 2.74 bits per heavy atom. The van der Waals surface area contributed by atoms with Gasteiger partial charge in [-0.3, -0.25) is 0 Å². The van der Waals surface area contributed by atoms with Crippen molar-refractivity contribution in [2.75, 3.05) is 7.05 Å². The van der Waals surface area contributed by atoms with Crippen LogP contribution in [-0.2, 0) is 11.3 Å². The third-order valence-corrected chi connectivity index (χ3v) is 4.08. The van der Waals surface area contributed by atoms with Crippen LogP contribution in [0.2, 0.25) is 0 Å². The summed E-state index contributed by atoms with van der Waals surface area (Å²) in [6, 6.07) is -0.364. The molecule has 6 nitrogen and oxygen atoms in total. The minimum atomic E-state index is -1.09. The molecule has 7 heteroatoms. The van der Waals surface area contributed by atoms with E-state index in [0.29, 0.717) is 19.4 Å². The SMILES string of the molecule is CN(Cc1cscn1)C(=O)NC1(C(=O)O)CCCC1. The van der Waals surface area contributed by atoms with Crippen LogP contribution in [-0.4, -0.2) is 39.6 Å². The number of aliphatic carboxylic acids is 1. The van der Waals surface area contributed by atoms with Gasteiger partial charge in [-0.2, -0.15) is 0 Å². The molecular weight excluding hydrogens is 266 g/mol. The van der Waals surface area contributed by atoms with Gasteiger partial charge in [-0.15, -0.1) is 11.3 Å². The van der Waals surface area contributed by atoms with Crippen molar-refractivity contribution in [3.8, 4) is 0 Å². The molecule has 0 unspecified atom stereocenters. The predicted octanol–water partition coefficient (Wildman–Crippen LogP) is 1.68. The largest absolute Gasteiger partial charge is 0.480 e. The number of carbonyl (C=O) groups excluding carboxylic acids is 1. The van der Waals surface area contributed by atoms with E-state index in [0.717, 1.165) is 18.5 Å². The number of carbonyl (C=O) groups is 2. The first-order valence-corrected chi connectivity index (χ1v) is 7.11. The fourth-order valence-electron chi connectivity index (χ4n) is 2.30. The predicted molar refractivity (Wildman–Crippen MR) is 70.9 cm³/mol. The van der Waals surface area contributed by atoms with Crippen LogP contribution in [0.1, 0.15) is 31.4 Å². The van der Waals surface area contributed by atoms with E-state index in [1.807, 2.05) is 5.38 Å². The summed E-state index contributed by atoms with van der Waals surface area (Å²) >= 11 is 1.47. The Morgan fingerprint density at radius 1 is 1.53 bits per heavy atom. The minimum Gasteiger partial charge on any atom is -0.480 e. The molecule has 1 aliphatic carbocycles. The Morgan fingerprint density at radius 2 is 2.21 bits per heavy atom. The lowest BCUT2D eigenvalue weighted by Crippen LogP contribution is -2.55. The summed E-state index contributed by atoms with van der Waals surface area (Å²) in [5, 5.41) is 13.8. The van der Waals surface area contributed by atoms with Gasteiger partial charge in [0, 0.05) is 12.4 Å². The fourth-order valence-corrected chi connectivity index (χ4v) is 2.85. The molecule has 0 bridgehead atoms. The molecule has 19 heavy (non-hydrogen) atoms. The fraction of sp³-hybridized carbons (Fsp3) is 0.583. The molecular formula is C12H17N3O3S. The summed E-state index contributed by atoms with van der Waals surface area (Å²) in [5.74, 6) is -0.944. The van der Waals surface area contributed by atoms with Crippen LogP contribution in [0.15, 0.2) is 10.9 Å². The van der Waals surface area contributed by atoms with E-state index >= 15 is 0 Å². The molecule has 0 spiro atoms. The number of aromatic nitrogens is 1. The Labute approximate surface area is 115 Å². The summed E-state index contributed by atoms with van der Waals surface area (Å²) in [7, 11) is 1.64. The van der Waals surface area contributed by atoms with Gasteiger partial charge in [-0.25, -0.2) is 14.6 Å². The molecule has 0 radical (unpaired) electrons. The first-order chi connectivity index (χ1) is 9.03. The smallest absolute Gasteiger partial charge is 0.329 e. The van der Waals surface area contributed by atoms with Crippen molar-refractivity contribution in [3.63, 3.8) is 0 Å². The number of carboxylic acids is 1. The molecule has 104 valence electrons. The molecule has 1 saturated carbocycles. The first kappa shape index (κ1) is 13.8. The summed E-state index contributed by atoms with van der Waals surface area (Å²) in [6.07, 6.45) is 2.67. The summed E-state index contributed by atoms with van der Waals surface area (Å²) in [4.78, 5) is 29.0. The highest BCUT2D eigenvalue weighted by molar-refractivity contribution is 7.07. The maximum absolute atomic E-state index is 12.1. The molecule has 2 rings (SSSR count). The lowest BCUT2D eigenvalue weighted by Gasteiger charge is -2.28. The van der Waals surface area contributed by atoms with Crippen LogP contribution in [0.4, 0.5) is 4.79 Å². The minimum absolute atomic E-state index is 0.364. The van der Waals surface area contributed by atoms with Crippen LogP contribution in [0.5, 0.6) is 0 Å². The second-order valence-electron chi connectivity index (χ2n) is 4.86. The molecule has 1 heterocycles. The third kappa shape index (κ3) is 3.04. The monoisotopic (exact) mass is 283 g/mol. The summed E-state index contributed by atoms with van der Waals surface area (Å²) in [6.45, 7) is 0.380. The summed E-state index contributed by atoms with van der Waals surface area (Å²) in [5.41, 5.74) is 1.42. The van der Waals surface area contributed by atoms with Gasteiger partial charge in [-0.1, -0.05) is 12.8 Å². The lowest BCUT2D eigenvalue weighted by molar-refractivity contribution is -0.144. The van der Waals surface area contributed by atoms with Crippen molar-refractivity contribution < 1.29 is 14.7 Å². The molecule has 1 fully saturated rings. The van der Waals surface area contributed by atoms with Gasteiger partial charge in [0.1, 0.15) is 5.54 Å². The molecule has 1 aromatic rings. The summed E-state index contributed by atoms with van der Waals surface area (Å²) < 4.78 is 0. The Bertz CT molecular complexity index is 455. The van der Waals surface area contributed by atoms with Crippen molar-refractivity contribution in [3.05, 3.63) is 16.6 Å². The van der Waals surface area contributed by atoms with E-state index in [-0.39, 0.29) is 6.03 Å². The molecule has 2 N–H and O–H groups in total. The van der Waals surface area contributed by atoms with E-state index in [1.54, 1.807) is 12.6 Å². The van der Waals surface area contributed by atoms with E-state index in [1.165, 1.54) is 16.2 Å². The van der Waals surface area contributed by atoms with Gasteiger partial charge in [-0.05, 0) is 12.8 Å². The van der Waals surface area contributed by atoms with Gasteiger partial charge in [0.2, 0.25) is 0 Å². The van der Waals surface area contributed by atoms with E-state index in [4.69, 9.17) is 0 Å². The third-order valence-electron chi connectivity index (χ3n) is 3.44. The Kier molecular flexibility index (Phi) is 4.04. The Balaban J connectivity index is 1.97. The number of hydrogen-bond acceptors (Lipinski definition) is 4. The van der Waals surface area contributed by atoms with Gasteiger partial charge < -0.3 is 15.3 Å². The quantitative estimate of drug-likeness (QED) is 0.880. The van der Waals surface area contributed by atoms with E-state index in [2.05, 4.69) is 10.3 Å². The average molecular weight is 283 g/mol. The highest BCUT2D eigenvalue weighted by Gasteiger charge is 2.43. The molecule has 0 aliphatic heterocycles. The number of hydrogen-bond donors (Lipinski definition) is 2. The lowest BCUT2D eigenvalue weighted by atomic mass is 9.98. The molecule has 0 atom stereocenters. The van der Waals surface area contributed by atoms with E-state index < -0.39 is 11.5 Å². The number of thiazole rings is 1. The molecule has 2 amide bonds. The topological polar surface area (TPSA) is 82.5 Å². The number of amides is 2. The highest BCUT2D eigenvalue weighted by Crippen LogP contribution is 2.30. The second kappa shape index (κ2) is 5.56. The maximum Gasteiger partial charge on any atom is 0.329 e. The van der Waals surface area contributed by atoms with Crippen molar-refractivity contribution in [2.24, 2.45) is 0 Å². The molecule has 1 aliphatic rings. The van der Waals surface area contributed by atoms with Crippen LogP contribution in [0.3, 0.4) is 0 Å². The molecule has 1 aromatic heterocycles. The van der Waals surface area contributed by atoms with Crippen LogP contribution < -0.4 is 5.32 Å². The van der Waals surface area contributed by atoms with Gasteiger partial charge >= 0.3 is 12.0 Å². The van der Waals surface area contributed by atoms with Crippen molar-refractivity contribution in [2.45, 2.75) is 37.8 Å². The van der Waals surface area contributed by atoms with Crippen molar-refractivity contribution >= 4 is 23.3 Å². The number of nitrogens with zero attached hydrogens (tertiary/aromatic N) is 2. The number of nitrogens with one attached hydrogen (secondary N) is 1. The number of rotatable bonds is 4. The van der Waals surface area contributed by atoms with Crippen LogP contribution in [0, 0.1) is 0 Å². The maximum atomic E-state index is 12.1. The average Bonchev–Trinajstić information content (AvgIpc) is 3.00. The van der Waals surface area contributed by atoms with Gasteiger partial charge in [0.25, 0.3) is 0 Å². The second-order valence-corrected chi connectivity index (χ2v) is 5.58. The first-order valence-electron chi connectivity index (χ1n) is 6.17. The standard InChI is InChI=1S/C12H17N3O3S/c1-15(6-9-7-19-8-13-9)11(18)14-12(10(16)17)4-2-3-5-12/h7-8H,2-6H2,1H3,(H,14,18)(H,16,17). The van der Waals surface area contributed by atoms with Crippen molar-refractivity contribution in [1.29, 1.82) is 0 Å². The van der Waals surface area contributed by atoms with Crippen LogP contribution >= 0.6 is 11.3 Å². The van der Waals surface area contributed by atoms with Gasteiger partial charge in [0.15, 0.2) is 0 Å². The van der Waals surface area contributed by atoms with Gasteiger partial charge in [0.05, 0.1) is 17.7 Å². The molecule has 0 aromatic carbocycles. The van der Waals surface area contributed by atoms with Crippen molar-refractivity contribution in [1.82, 2.24) is 15.2 Å². The zero-order valence-corrected chi connectivity index (χ0v) is 11.6. The molecule has 0 saturated heterocycles. The number of carboxylic acid groups (broad SMARTS) is 1. The zero-order chi connectivity index (χ0) is 13.9. The normalized spacial score (nSPS) is 17.1. The zero-order valence-electron chi connectivity index (χ0n) is 10.8. The van der Waals surface area contributed by atoms with Crippen LogP contribution in [0.25, 0.3) is 0 Å². The highest BCUT2D eigenvalue weighted by atomic mass is 32.1. The Hall–Kier alpha value is -1.63.